The number of pyridine rings is 2. The first-order chi connectivity index (χ1) is 11.1. The number of hydrogen-bond acceptors (Lipinski definition) is 4. The molecular formula is C17H13FN2O3. The van der Waals surface area contributed by atoms with Gasteiger partial charge in [-0.15, -0.1) is 4.73 Å². The van der Waals surface area contributed by atoms with Crippen LogP contribution in [0.5, 0.6) is 0 Å². The Balaban J connectivity index is 1.87. The maximum atomic E-state index is 12.9. The number of carbonyl (C=O) groups excluding carboxylic acids is 1. The molecule has 0 bridgehead atoms. The van der Waals surface area contributed by atoms with Crippen molar-refractivity contribution < 1.29 is 14.4 Å². The van der Waals surface area contributed by atoms with Crippen LogP contribution in [0, 0.1) is 5.82 Å². The normalized spacial score (nSPS) is 10.8. The van der Waals surface area contributed by atoms with Gasteiger partial charge in [0.1, 0.15) is 5.82 Å². The fraction of sp³-hybridized carbons (Fsp3) is 0.118. The monoisotopic (exact) mass is 312 g/mol. The summed E-state index contributed by atoms with van der Waals surface area (Å²) < 4.78 is 13.2. The van der Waals surface area contributed by atoms with Gasteiger partial charge in [0.15, 0.2) is 11.4 Å². The van der Waals surface area contributed by atoms with E-state index in [1.54, 1.807) is 24.3 Å². The third-order valence-corrected chi connectivity index (χ3v) is 3.59. The summed E-state index contributed by atoms with van der Waals surface area (Å²) in [6, 6.07) is 10.6. The second-order valence-electron chi connectivity index (χ2n) is 5.14. The van der Waals surface area contributed by atoms with E-state index in [0.29, 0.717) is 16.5 Å². The van der Waals surface area contributed by atoms with Crippen LogP contribution in [-0.4, -0.2) is 20.7 Å². The Labute approximate surface area is 130 Å². The van der Waals surface area contributed by atoms with Crippen LogP contribution >= 0.6 is 0 Å². The van der Waals surface area contributed by atoms with Gasteiger partial charge in [0.05, 0.1) is 5.56 Å². The van der Waals surface area contributed by atoms with E-state index in [9.17, 15) is 19.2 Å². The largest absolute Gasteiger partial charge is 0.423 e. The zero-order valence-electron chi connectivity index (χ0n) is 12.1. The molecule has 3 rings (SSSR count). The summed E-state index contributed by atoms with van der Waals surface area (Å²) in [7, 11) is 0. The maximum absolute atomic E-state index is 12.9. The molecule has 0 aliphatic heterocycles. The van der Waals surface area contributed by atoms with Gasteiger partial charge >= 0.3 is 0 Å². The van der Waals surface area contributed by atoms with Gasteiger partial charge in [-0.1, -0.05) is 12.1 Å². The highest BCUT2D eigenvalue weighted by atomic mass is 19.1. The number of hydrogen-bond donors (Lipinski definition) is 1. The summed E-state index contributed by atoms with van der Waals surface area (Å²) >= 11 is 0. The molecule has 0 fully saturated rings. The van der Waals surface area contributed by atoms with Crippen molar-refractivity contribution >= 4 is 16.8 Å². The summed E-state index contributed by atoms with van der Waals surface area (Å²) in [5.41, 5.74) is 0.0227. The Morgan fingerprint density at radius 3 is 2.70 bits per heavy atom. The Morgan fingerprint density at radius 1 is 1.22 bits per heavy atom. The molecule has 23 heavy (non-hydrogen) atoms. The Morgan fingerprint density at radius 2 is 1.96 bits per heavy atom. The van der Waals surface area contributed by atoms with Gasteiger partial charge in [0, 0.05) is 18.0 Å². The molecule has 2 heterocycles. The molecule has 0 unspecified atom stereocenters. The van der Waals surface area contributed by atoms with E-state index in [4.69, 9.17) is 0 Å². The molecule has 1 aromatic carbocycles. The van der Waals surface area contributed by atoms with E-state index in [2.05, 4.69) is 4.98 Å². The molecular weight excluding hydrogens is 299 g/mol. The molecule has 3 aromatic rings. The highest BCUT2D eigenvalue weighted by molar-refractivity contribution is 5.98. The second-order valence-corrected chi connectivity index (χ2v) is 5.14. The number of fused-ring (bicyclic) bond motifs is 1. The number of carbonyl (C=O) groups is 1. The lowest BCUT2D eigenvalue weighted by Gasteiger charge is -2.06. The lowest BCUT2D eigenvalue weighted by Crippen LogP contribution is -2.25. The van der Waals surface area contributed by atoms with E-state index in [1.807, 2.05) is 0 Å². The van der Waals surface area contributed by atoms with Crippen LogP contribution in [-0.2, 0) is 6.42 Å². The first-order valence-corrected chi connectivity index (χ1v) is 7.04. The summed E-state index contributed by atoms with van der Waals surface area (Å²) in [5.74, 6) is -0.724. The highest BCUT2D eigenvalue weighted by Gasteiger charge is 2.15. The van der Waals surface area contributed by atoms with Crippen molar-refractivity contribution in [1.82, 2.24) is 9.71 Å². The molecule has 116 valence electrons. The van der Waals surface area contributed by atoms with Crippen molar-refractivity contribution in [3.05, 3.63) is 76.0 Å². The number of aryl methyl sites for hydroxylation is 1. The van der Waals surface area contributed by atoms with Crippen molar-refractivity contribution in [2.75, 3.05) is 0 Å². The zero-order chi connectivity index (χ0) is 16.4. The molecule has 0 amide bonds. The molecule has 0 atom stereocenters. The number of halogens is 1. The van der Waals surface area contributed by atoms with Crippen molar-refractivity contribution in [3.63, 3.8) is 0 Å². The van der Waals surface area contributed by atoms with Gasteiger partial charge < -0.3 is 5.21 Å². The molecule has 5 nitrogen and oxygen atoms in total. The van der Waals surface area contributed by atoms with E-state index < -0.39 is 5.56 Å². The molecule has 0 spiro atoms. The number of aromatic nitrogens is 2. The fourth-order valence-electron chi connectivity index (χ4n) is 2.37. The first-order valence-electron chi connectivity index (χ1n) is 7.04. The smallest absolute Gasteiger partial charge is 0.295 e. The van der Waals surface area contributed by atoms with E-state index in [1.165, 1.54) is 24.4 Å². The molecule has 0 aliphatic rings. The maximum Gasteiger partial charge on any atom is 0.295 e. The molecule has 0 aliphatic carbocycles. The minimum atomic E-state index is -0.791. The molecule has 1 N–H and O–H groups in total. The van der Waals surface area contributed by atoms with Crippen LogP contribution < -0.4 is 5.56 Å². The highest BCUT2D eigenvalue weighted by Crippen LogP contribution is 2.12. The number of Topliss-reactive ketones (excluding diaryl/α,β-unsaturated/α-hetero) is 1. The average molecular weight is 312 g/mol. The van der Waals surface area contributed by atoms with Crippen LogP contribution in [0.2, 0.25) is 0 Å². The van der Waals surface area contributed by atoms with Gasteiger partial charge in [-0.2, -0.15) is 0 Å². The summed E-state index contributed by atoms with van der Waals surface area (Å²) in [6.07, 6.45) is 1.92. The summed E-state index contributed by atoms with van der Waals surface area (Å²) in [6.45, 7) is 0. The second kappa shape index (κ2) is 6.00. The van der Waals surface area contributed by atoms with Gasteiger partial charge in [0.25, 0.3) is 5.56 Å². The molecule has 0 saturated carbocycles. The number of rotatable bonds is 4. The summed E-state index contributed by atoms with van der Waals surface area (Å²) in [4.78, 5) is 28.3. The Kier molecular flexibility index (Phi) is 3.89. The lowest BCUT2D eigenvalue weighted by molar-refractivity contribution is 0.0975. The predicted octanol–water partition coefficient (Wildman–Crippen LogP) is 2.59. The van der Waals surface area contributed by atoms with Crippen LogP contribution in [0.15, 0.2) is 53.5 Å². The van der Waals surface area contributed by atoms with E-state index in [-0.39, 0.29) is 29.2 Å². The summed E-state index contributed by atoms with van der Waals surface area (Å²) in [5, 5.41) is 10.4. The van der Waals surface area contributed by atoms with Gasteiger partial charge in [0.2, 0.25) is 0 Å². The molecule has 6 heteroatoms. The van der Waals surface area contributed by atoms with Crippen LogP contribution in [0.25, 0.3) is 11.0 Å². The minimum Gasteiger partial charge on any atom is -0.423 e. The molecule has 0 radical (unpaired) electrons. The minimum absolute atomic E-state index is 0.0879. The van der Waals surface area contributed by atoms with Crippen molar-refractivity contribution in [1.29, 1.82) is 0 Å². The van der Waals surface area contributed by atoms with Gasteiger partial charge in [-0.25, -0.2) is 9.37 Å². The van der Waals surface area contributed by atoms with Gasteiger partial charge in [-0.05, 0) is 42.3 Å². The average Bonchev–Trinajstić information content (AvgIpc) is 2.57. The van der Waals surface area contributed by atoms with Crippen molar-refractivity contribution in [3.8, 4) is 0 Å². The lowest BCUT2D eigenvalue weighted by atomic mass is 10.0. The number of benzene rings is 1. The Bertz CT molecular complexity index is 933. The molecule has 2 aromatic heterocycles. The van der Waals surface area contributed by atoms with E-state index in [0.717, 1.165) is 5.56 Å². The number of nitrogens with zero attached hydrogens (tertiary/aromatic N) is 2. The zero-order valence-corrected chi connectivity index (χ0v) is 12.1. The van der Waals surface area contributed by atoms with E-state index >= 15 is 0 Å². The standard InChI is InChI=1S/C17H13FN2O3/c18-13-6-3-11(4-7-13)5-8-15(21)14-10-12-2-1-9-19-16(12)20(23)17(14)22/h1-4,6-7,9-10,23H,5,8H2. The topological polar surface area (TPSA) is 72.2 Å². The van der Waals surface area contributed by atoms with Crippen LogP contribution in [0.1, 0.15) is 22.3 Å². The van der Waals surface area contributed by atoms with Crippen LogP contribution in [0.3, 0.4) is 0 Å². The fourth-order valence-corrected chi connectivity index (χ4v) is 2.37. The quantitative estimate of drug-likeness (QED) is 0.594. The first kappa shape index (κ1) is 14.9. The number of ketones is 1. The van der Waals surface area contributed by atoms with Gasteiger partial charge in [-0.3, -0.25) is 9.59 Å². The Hall–Kier alpha value is -3.02. The SMILES string of the molecule is O=C(CCc1ccc(F)cc1)c1cc2cccnc2n(O)c1=O. The van der Waals surface area contributed by atoms with Crippen LogP contribution in [0.4, 0.5) is 4.39 Å². The predicted molar refractivity (Wildman–Crippen MR) is 82.2 cm³/mol. The third-order valence-electron chi connectivity index (χ3n) is 3.59. The van der Waals surface area contributed by atoms with Crippen molar-refractivity contribution in [2.24, 2.45) is 0 Å². The van der Waals surface area contributed by atoms with Crippen molar-refractivity contribution in [2.45, 2.75) is 12.8 Å². The third kappa shape index (κ3) is 2.96. The molecule has 0 saturated heterocycles.